The molecule has 0 amide bonds. The summed E-state index contributed by atoms with van der Waals surface area (Å²) in [6, 6.07) is 4.09. The fourth-order valence-electron chi connectivity index (χ4n) is 3.45. The molecule has 1 heterocycles. The zero-order valence-electron chi connectivity index (χ0n) is 16.1. The van der Waals surface area contributed by atoms with Gasteiger partial charge in [0.1, 0.15) is 6.61 Å². The number of halogens is 2. The summed E-state index contributed by atoms with van der Waals surface area (Å²) in [6.07, 6.45) is 1.08. The third-order valence-corrected chi connectivity index (χ3v) is 4.81. The first kappa shape index (κ1) is 20.8. The Labute approximate surface area is 154 Å². The summed E-state index contributed by atoms with van der Waals surface area (Å²) in [7, 11) is 0. The summed E-state index contributed by atoms with van der Waals surface area (Å²) in [6.45, 7) is 9.74. The Morgan fingerprint density at radius 2 is 2.08 bits per heavy atom. The van der Waals surface area contributed by atoms with Crippen molar-refractivity contribution in [3.8, 4) is 0 Å². The quantitative estimate of drug-likeness (QED) is 0.708. The maximum absolute atomic E-state index is 14.4. The SMILES string of the molecule is CCOC(=O)COC(c1cccc(F)c1F)[C@@H]1CCCN(C(C)(C)C)C1. The molecule has 2 rings (SSSR count). The third kappa shape index (κ3) is 5.24. The van der Waals surface area contributed by atoms with Crippen LogP contribution in [0.5, 0.6) is 0 Å². The molecule has 0 aliphatic carbocycles. The lowest BCUT2D eigenvalue weighted by atomic mass is 9.86. The molecule has 0 radical (unpaired) electrons. The minimum atomic E-state index is -0.908. The van der Waals surface area contributed by atoms with Crippen LogP contribution >= 0.6 is 0 Å². The van der Waals surface area contributed by atoms with Crippen molar-refractivity contribution >= 4 is 5.97 Å². The van der Waals surface area contributed by atoms with Crippen molar-refractivity contribution in [2.45, 2.75) is 52.2 Å². The number of piperidine rings is 1. The molecule has 26 heavy (non-hydrogen) atoms. The van der Waals surface area contributed by atoms with Crippen LogP contribution in [0.3, 0.4) is 0 Å². The molecule has 4 nitrogen and oxygen atoms in total. The van der Waals surface area contributed by atoms with E-state index < -0.39 is 23.7 Å². The van der Waals surface area contributed by atoms with E-state index in [-0.39, 0.29) is 30.2 Å². The van der Waals surface area contributed by atoms with E-state index in [2.05, 4.69) is 25.7 Å². The van der Waals surface area contributed by atoms with Crippen molar-refractivity contribution in [2.24, 2.45) is 5.92 Å². The number of ether oxygens (including phenoxy) is 2. The highest BCUT2D eigenvalue weighted by Gasteiger charge is 2.35. The van der Waals surface area contributed by atoms with Gasteiger partial charge in [0.2, 0.25) is 0 Å². The first-order valence-electron chi connectivity index (χ1n) is 9.20. The lowest BCUT2D eigenvalue weighted by Crippen LogP contribution is -2.48. The Balaban J connectivity index is 2.25. The second-order valence-electron chi connectivity index (χ2n) is 7.70. The second-order valence-corrected chi connectivity index (χ2v) is 7.70. The average Bonchev–Trinajstić information content (AvgIpc) is 2.58. The summed E-state index contributed by atoms with van der Waals surface area (Å²) in [5, 5.41) is 0. The number of benzene rings is 1. The van der Waals surface area contributed by atoms with E-state index in [1.165, 1.54) is 12.1 Å². The monoisotopic (exact) mass is 369 g/mol. The maximum Gasteiger partial charge on any atom is 0.332 e. The molecule has 1 saturated heterocycles. The van der Waals surface area contributed by atoms with Crippen LogP contribution in [0.1, 0.15) is 52.2 Å². The fraction of sp³-hybridized carbons (Fsp3) is 0.650. The molecule has 1 unspecified atom stereocenters. The number of hydrogen-bond donors (Lipinski definition) is 0. The van der Waals surface area contributed by atoms with Gasteiger partial charge in [-0.25, -0.2) is 13.6 Å². The molecule has 0 aromatic heterocycles. The van der Waals surface area contributed by atoms with E-state index in [1.54, 1.807) is 6.92 Å². The number of carbonyl (C=O) groups excluding carboxylic acids is 1. The molecule has 1 aromatic carbocycles. The van der Waals surface area contributed by atoms with Gasteiger partial charge in [0.15, 0.2) is 11.6 Å². The van der Waals surface area contributed by atoms with Gasteiger partial charge in [-0.15, -0.1) is 0 Å². The van der Waals surface area contributed by atoms with Crippen molar-refractivity contribution in [3.63, 3.8) is 0 Å². The van der Waals surface area contributed by atoms with E-state index in [9.17, 15) is 13.6 Å². The molecule has 146 valence electrons. The van der Waals surface area contributed by atoms with Crippen LogP contribution in [-0.4, -0.2) is 42.7 Å². The van der Waals surface area contributed by atoms with Gasteiger partial charge in [0.05, 0.1) is 12.7 Å². The number of nitrogens with zero attached hydrogens (tertiary/aromatic N) is 1. The molecule has 0 bridgehead atoms. The lowest BCUT2D eigenvalue weighted by molar-refractivity contribution is -0.153. The van der Waals surface area contributed by atoms with Crippen LogP contribution < -0.4 is 0 Å². The normalized spacial score (nSPS) is 20.0. The first-order valence-corrected chi connectivity index (χ1v) is 9.20. The van der Waals surface area contributed by atoms with Gasteiger partial charge in [0, 0.05) is 23.6 Å². The van der Waals surface area contributed by atoms with Gasteiger partial charge in [0.25, 0.3) is 0 Å². The molecule has 0 N–H and O–H groups in total. The summed E-state index contributed by atoms with van der Waals surface area (Å²) in [5.74, 6) is -2.35. The predicted molar refractivity (Wildman–Crippen MR) is 95.7 cm³/mol. The van der Waals surface area contributed by atoms with Crippen LogP contribution in [0, 0.1) is 17.6 Å². The zero-order valence-corrected chi connectivity index (χ0v) is 16.1. The molecule has 1 fully saturated rings. The number of likely N-dealkylation sites (tertiary alicyclic amines) is 1. The molecule has 0 spiro atoms. The molecule has 0 saturated carbocycles. The second kappa shape index (κ2) is 8.91. The molecule has 1 aliphatic rings. The van der Waals surface area contributed by atoms with E-state index in [0.29, 0.717) is 6.54 Å². The van der Waals surface area contributed by atoms with Crippen molar-refractivity contribution in [1.82, 2.24) is 4.90 Å². The standard InChI is InChI=1S/C20H29F2NO3/c1-5-25-17(24)13-26-19(15-9-6-10-16(21)18(15)22)14-8-7-11-23(12-14)20(2,3)4/h6,9-10,14,19H,5,7-8,11-13H2,1-4H3/t14-,19?/m1/s1. The Morgan fingerprint density at radius 3 is 2.73 bits per heavy atom. The molecule has 6 heteroatoms. The third-order valence-electron chi connectivity index (χ3n) is 4.81. The van der Waals surface area contributed by atoms with Gasteiger partial charge in [-0.1, -0.05) is 12.1 Å². The average molecular weight is 369 g/mol. The number of hydrogen-bond acceptors (Lipinski definition) is 4. The van der Waals surface area contributed by atoms with Crippen LogP contribution in [0.15, 0.2) is 18.2 Å². The number of carbonyl (C=O) groups is 1. The number of rotatable bonds is 6. The minimum absolute atomic E-state index is 0.0230. The first-order chi connectivity index (χ1) is 12.2. The van der Waals surface area contributed by atoms with E-state index >= 15 is 0 Å². The topological polar surface area (TPSA) is 38.8 Å². The van der Waals surface area contributed by atoms with E-state index in [0.717, 1.165) is 25.5 Å². The summed E-state index contributed by atoms with van der Waals surface area (Å²) in [4.78, 5) is 14.0. The zero-order chi connectivity index (χ0) is 19.3. The highest BCUT2D eigenvalue weighted by Crippen LogP contribution is 2.36. The lowest BCUT2D eigenvalue weighted by Gasteiger charge is -2.43. The predicted octanol–water partition coefficient (Wildman–Crippen LogP) is 4.10. The molecular formula is C20H29F2NO3. The minimum Gasteiger partial charge on any atom is -0.464 e. The highest BCUT2D eigenvalue weighted by molar-refractivity contribution is 5.70. The van der Waals surface area contributed by atoms with Crippen molar-refractivity contribution in [1.29, 1.82) is 0 Å². The van der Waals surface area contributed by atoms with Crippen molar-refractivity contribution < 1.29 is 23.0 Å². The van der Waals surface area contributed by atoms with Gasteiger partial charge in [-0.2, -0.15) is 0 Å². The Kier molecular flexibility index (Phi) is 7.12. The van der Waals surface area contributed by atoms with E-state index in [4.69, 9.17) is 9.47 Å². The van der Waals surface area contributed by atoms with E-state index in [1.807, 2.05) is 0 Å². The molecule has 2 atom stereocenters. The van der Waals surface area contributed by atoms with Crippen LogP contribution in [-0.2, 0) is 14.3 Å². The van der Waals surface area contributed by atoms with Crippen molar-refractivity contribution in [2.75, 3.05) is 26.3 Å². The Hall–Kier alpha value is -1.53. The summed E-state index contributed by atoms with van der Waals surface area (Å²) in [5.41, 5.74) is 0.139. The van der Waals surface area contributed by atoms with Gasteiger partial charge in [-0.3, -0.25) is 4.90 Å². The van der Waals surface area contributed by atoms with Gasteiger partial charge < -0.3 is 9.47 Å². The smallest absolute Gasteiger partial charge is 0.332 e. The number of esters is 1. The van der Waals surface area contributed by atoms with Crippen LogP contribution in [0.25, 0.3) is 0 Å². The molecule has 1 aliphatic heterocycles. The summed E-state index contributed by atoms with van der Waals surface area (Å²) >= 11 is 0. The molecule has 1 aromatic rings. The largest absolute Gasteiger partial charge is 0.464 e. The van der Waals surface area contributed by atoms with Crippen molar-refractivity contribution in [3.05, 3.63) is 35.4 Å². The Bertz CT molecular complexity index is 616. The van der Waals surface area contributed by atoms with Gasteiger partial charge >= 0.3 is 5.97 Å². The summed E-state index contributed by atoms with van der Waals surface area (Å²) < 4.78 is 38.9. The Morgan fingerprint density at radius 1 is 1.35 bits per heavy atom. The maximum atomic E-state index is 14.4. The highest BCUT2D eigenvalue weighted by atomic mass is 19.2. The molecular weight excluding hydrogens is 340 g/mol. The fourth-order valence-corrected chi connectivity index (χ4v) is 3.45. The van der Waals surface area contributed by atoms with Crippen LogP contribution in [0.4, 0.5) is 8.78 Å². The van der Waals surface area contributed by atoms with Crippen LogP contribution in [0.2, 0.25) is 0 Å². The van der Waals surface area contributed by atoms with Gasteiger partial charge in [-0.05, 0) is 53.1 Å².